The van der Waals surface area contributed by atoms with Crippen LogP contribution in [-0.2, 0) is 4.74 Å². The van der Waals surface area contributed by atoms with Gasteiger partial charge in [-0.3, -0.25) is 9.59 Å². The van der Waals surface area contributed by atoms with E-state index in [4.69, 9.17) is 13.9 Å². The number of hydrogen-bond donors (Lipinski definition) is 0. The molecule has 138 valence electrons. The van der Waals surface area contributed by atoms with E-state index in [9.17, 15) is 9.59 Å². The third-order valence-corrected chi connectivity index (χ3v) is 4.11. The quantitative estimate of drug-likeness (QED) is 0.723. The standard InChI is InChI=1S/C18H21N3O5/c1-24-11-12-26-16-13-14(4-5-19-16)17(22)20-6-8-21(9-7-20)18(23)15-3-2-10-25-15/h2-5,10,13H,6-9,11-12H2,1H3. The van der Waals surface area contributed by atoms with Crippen molar-refractivity contribution < 1.29 is 23.5 Å². The first kappa shape index (κ1) is 17.9. The van der Waals surface area contributed by atoms with E-state index in [1.165, 1.54) is 6.26 Å². The van der Waals surface area contributed by atoms with Gasteiger partial charge in [-0.1, -0.05) is 0 Å². The lowest BCUT2D eigenvalue weighted by Gasteiger charge is -2.34. The minimum atomic E-state index is -0.153. The minimum Gasteiger partial charge on any atom is -0.475 e. The Labute approximate surface area is 151 Å². The highest BCUT2D eigenvalue weighted by Crippen LogP contribution is 2.15. The zero-order valence-corrected chi connectivity index (χ0v) is 14.6. The highest BCUT2D eigenvalue weighted by Gasteiger charge is 2.26. The van der Waals surface area contributed by atoms with E-state index in [2.05, 4.69) is 4.98 Å². The number of ether oxygens (including phenoxy) is 2. The number of carbonyl (C=O) groups excluding carboxylic acids is 2. The summed E-state index contributed by atoms with van der Waals surface area (Å²) < 4.78 is 15.5. The third kappa shape index (κ3) is 4.20. The second kappa shape index (κ2) is 8.48. The van der Waals surface area contributed by atoms with Crippen molar-refractivity contribution in [3.63, 3.8) is 0 Å². The molecule has 1 aliphatic rings. The summed E-state index contributed by atoms with van der Waals surface area (Å²) in [6, 6.07) is 6.61. The smallest absolute Gasteiger partial charge is 0.289 e. The molecule has 8 nitrogen and oxygen atoms in total. The van der Waals surface area contributed by atoms with Gasteiger partial charge < -0.3 is 23.7 Å². The maximum Gasteiger partial charge on any atom is 0.289 e. The summed E-state index contributed by atoms with van der Waals surface area (Å²) in [6.45, 7) is 2.68. The Bertz CT molecular complexity index is 739. The molecule has 3 heterocycles. The normalized spacial score (nSPS) is 14.3. The molecule has 1 saturated heterocycles. The van der Waals surface area contributed by atoms with E-state index >= 15 is 0 Å². The zero-order valence-electron chi connectivity index (χ0n) is 14.6. The molecule has 2 amide bonds. The van der Waals surface area contributed by atoms with Gasteiger partial charge in [-0.2, -0.15) is 0 Å². The molecule has 1 fully saturated rings. The van der Waals surface area contributed by atoms with Crippen LogP contribution in [0.4, 0.5) is 0 Å². The molecule has 1 aliphatic heterocycles. The van der Waals surface area contributed by atoms with E-state index in [1.807, 2.05) is 0 Å². The number of piperazine rings is 1. The summed E-state index contributed by atoms with van der Waals surface area (Å²) in [4.78, 5) is 32.5. The van der Waals surface area contributed by atoms with Crippen LogP contribution >= 0.6 is 0 Å². The Morgan fingerprint density at radius 1 is 1.12 bits per heavy atom. The fraction of sp³-hybridized carbons (Fsp3) is 0.389. The molecule has 0 atom stereocenters. The average Bonchev–Trinajstić information content (AvgIpc) is 3.22. The Hall–Kier alpha value is -2.87. The zero-order chi connectivity index (χ0) is 18.4. The number of nitrogens with zero attached hydrogens (tertiary/aromatic N) is 3. The van der Waals surface area contributed by atoms with E-state index in [0.717, 1.165) is 0 Å². The molecule has 0 aliphatic carbocycles. The molecule has 0 aromatic carbocycles. The van der Waals surface area contributed by atoms with Crippen LogP contribution in [0.2, 0.25) is 0 Å². The number of hydrogen-bond acceptors (Lipinski definition) is 6. The Balaban J connectivity index is 1.56. The van der Waals surface area contributed by atoms with E-state index in [-0.39, 0.29) is 11.8 Å². The molecular formula is C18H21N3O5. The molecule has 0 spiro atoms. The van der Waals surface area contributed by atoms with Crippen LogP contribution in [0.1, 0.15) is 20.9 Å². The Morgan fingerprint density at radius 2 is 1.85 bits per heavy atom. The maximum atomic E-state index is 12.7. The van der Waals surface area contributed by atoms with Crippen molar-refractivity contribution in [1.29, 1.82) is 0 Å². The lowest BCUT2D eigenvalue weighted by atomic mass is 10.2. The van der Waals surface area contributed by atoms with Crippen molar-refractivity contribution in [2.45, 2.75) is 0 Å². The van der Waals surface area contributed by atoms with Gasteiger partial charge in [0.1, 0.15) is 6.61 Å². The summed E-state index contributed by atoms with van der Waals surface area (Å²) in [6.07, 6.45) is 3.02. The van der Waals surface area contributed by atoms with Gasteiger partial charge in [0, 0.05) is 51.1 Å². The largest absolute Gasteiger partial charge is 0.475 e. The van der Waals surface area contributed by atoms with E-state index < -0.39 is 0 Å². The predicted molar refractivity (Wildman–Crippen MR) is 92.1 cm³/mol. The van der Waals surface area contributed by atoms with Gasteiger partial charge in [-0.05, 0) is 18.2 Å². The predicted octanol–water partition coefficient (Wildman–Crippen LogP) is 1.30. The van der Waals surface area contributed by atoms with Crippen molar-refractivity contribution in [3.05, 3.63) is 48.0 Å². The van der Waals surface area contributed by atoms with Crippen LogP contribution < -0.4 is 4.74 Å². The fourth-order valence-electron chi connectivity index (χ4n) is 2.70. The van der Waals surface area contributed by atoms with Crippen molar-refractivity contribution in [2.75, 3.05) is 46.5 Å². The van der Waals surface area contributed by atoms with E-state index in [1.54, 1.807) is 47.4 Å². The van der Waals surface area contributed by atoms with Gasteiger partial charge in [0.2, 0.25) is 5.88 Å². The molecular weight excluding hydrogens is 338 g/mol. The van der Waals surface area contributed by atoms with Gasteiger partial charge in [-0.25, -0.2) is 4.98 Å². The molecule has 26 heavy (non-hydrogen) atoms. The van der Waals surface area contributed by atoms with Crippen molar-refractivity contribution in [2.24, 2.45) is 0 Å². The first-order valence-corrected chi connectivity index (χ1v) is 8.39. The number of carbonyl (C=O) groups is 2. The molecule has 2 aromatic heterocycles. The first-order valence-electron chi connectivity index (χ1n) is 8.39. The summed E-state index contributed by atoms with van der Waals surface area (Å²) in [5.74, 6) is 0.449. The number of aromatic nitrogens is 1. The lowest BCUT2D eigenvalue weighted by molar-refractivity contribution is 0.0518. The molecule has 0 unspecified atom stereocenters. The van der Waals surface area contributed by atoms with E-state index in [0.29, 0.717) is 56.6 Å². The highest BCUT2D eigenvalue weighted by molar-refractivity contribution is 5.95. The second-order valence-electron chi connectivity index (χ2n) is 5.79. The Morgan fingerprint density at radius 3 is 2.50 bits per heavy atom. The number of amides is 2. The van der Waals surface area contributed by atoms with Gasteiger partial charge in [-0.15, -0.1) is 0 Å². The SMILES string of the molecule is COCCOc1cc(C(=O)N2CCN(C(=O)c3ccco3)CC2)ccn1. The van der Waals surface area contributed by atoms with Crippen LogP contribution in [0.3, 0.4) is 0 Å². The third-order valence-electron chi connectivity index (χ3n) is 4.11. The number of pyridine rings is 1. The van der Waals surface area contributed by atoms with Crippen LogP contribution in [0.25, 0.3) is 0 Å². The monoisotopic (exact) mass is 359 g/mol. The number of rotatable bonds is 6. The molecule has 3 rings (SSSR count). The van der Waals surface area contributed by atoms with Crippen molar-refractivity contribution in [3.8, 4) is 5.88 Å². The summed E-state index contributed by atoms with van der Waals surface area (Å²) in [5, 5.41) is 0. The summed E-state index contributed by atoms with van der Waals surface area (Å²) >= 11 is 0. The number of furan rings is 1. The summed E-state index contributed by atoms with van der Waals surface area (Å²) in [7, 11) is 1.59. The lowest BCUT2D eigenvalue weighted by Crippen LogP contribution is -2.50. The maximum absolute atomic E-state index is 12.7. The summed E-state index contributed by atoms with van der Waals surface area (Å²) in [5.41, 5.74) is 0.512. The van der Waals surface area contributed by atoms with Gasteiger partial charge in [0.15, 0.2) is 5.76 Å². The molecule has 8 heteroatoms. The molecule has 0 radical (unpaired) electrons. The molecule has 2 aromatic rings. The second-order valence-corrected chi connectivity index (χ2v) is 5.79. The van der Waals surface area contributed by atoms with Gasteiger partial charge in [0.05, 0.1) is 12.9 Å². The first-order chi connectivity index (χ1) is 12.7. The fourth-order valence-corrected chi connectivity index (χ4v) is 2.70. The van der Waals surface area contributed by atoms with Gasteiger partial charge in [0.25, 0.3) is 11.8 Å². The minimum absolute atomic E-state index is 0.103. The van der Waals surface area contributed by atoms with Crippen molar-refractivity contribution >= 4 is 11.8 Å². The van der Waals surface area contributed by atoms with Gasteiger partial charge >= 0.3 is 0 Å². The van der Waals surface area contributed by atoms with Crippen LogP contribution in [0.15, 0.2) is 41.1 Å². The topological polar surface area (TPSA) is 85.1 Å². The highest BCUT2D eigenvalue weighted by atomic mass is 16.5. The Kier molecular flexibility index (Phi) is 5.85. The van der Waals surface area contributed by atoms with Crippen molar-refractivity contribution in [1.82, 2.24) is 14.8 Å². The van der Waals surface area contributed by atoms with Crippen LogP contribution in [0.5, 0.6) is 5.88 Å². The average molecular weight is 359 g/mol. The molecule has 0 saturated carbocycles. The number of methoxy groups -OCH3 is 1. The van der Waals surface area contributed by atoms with Crippen LogP contribution in [0, 0.1) is 0 Å². The van der Waals surface area contributed by atoms with Crippen LogP contribution in [-0.4, -0.2) is 73.1 Å². The molecule has 0 bridgehead atoms. The molecule has 0 N–H and O–H groups in total.